The summed E-state index contributed by atoms with van der Waals surface area (Å²) in [6.07, 6.45) is 0.820. The summed E-state index contributed by atoms with van der Waals surface area (Å²) in [6, 6.07) is 4.21. The van der Waals surface area contributed by atoms with E-state index in [1.54, 1.807) is 0 Å². The van der Waals surface area contributed by atoms with E-state index in [4.69, 9.17) is 10.5 Å². The van der Waals surface area contributed by atoms with Gasteiger partial charge in [0.25, 0.3) is 5.91 Å². The van der Waals surface area contributed by atoms with Crippen molar-refractivity contribution in [2.24, 2.45) is 11.1 Å². The Morgan fingerprint density at radius 2 is 2.10 bits per heavy atom. The van der Waals surface area contributed by atoms with Crippen LogP contribution in [-0.4, -0.2) is 35.5 Å². The molecule has 1 atom stereocenters. The van der Waals surface area contributed by atoms with Gasteiger partial charge in [-0.2, -0.15) is 0 Å². The number of ether oxygens (including phenoxy) is 1. The molecular formula is C20H21FN4O3S. The Hall–Kier alpha value is -2.78. The van der Waals surface area contributed by atoms with Crippen LogP contribution in [-0.2, 0) is 16.0 Å². The molecule has 4 rings (SSSR count). The van der Waals surface area contributed by atoms with Crippen molar-refractivity contribution in [2.75, 3.05) is 13.7 Å². The van der Waals surface area contributed by atoms with Gasteiger partial charge in [0.05, 0.1) is 34.5 Å². The number of aromatic amines is 1. The number of amides is 1. The molecule has 0 spiro atoms. The first-order chi connectivity index (χ1) is 13.7. The lowest BCUT2D eigenvalue weighted by Crippen LogP contribution is -2.43. The Bertz CT molecular complexity index is 1130. The molecule has 152 valence electrons. The Labute approximate surface area is 170 Å². The van der Waals surface area contributed by atoms with Crippen molar-refractivity contribution in [3.63, 3.8) is 0 Å². The normalized spacial score (nSPS) is 16.6. The highest BCUT2D eigenvalue weighted by Crippen LogP contribution is 2.44. The predicted octanol–water partition coefficient (Wildman–Crippen LogP) is 2.92. The molecule has 0 aliphatic carbocycles. The largest absolute Gasteiger partial charge is 0.469 e. The molecule has 0 fully saturated rings. The number of fused-ring (bicyclic) bond motifs is 2. The minimum Gasteiger partial charge on any atom is -0.469 e. The second kappa shape index (κ2) is 6.93. The smallest absolute Gasteiger partial charge is 0.313 e. The second-order valence-electron chi connectivity index (χ2n) is 7.65. The number of carbonyl (C=O) groups excluding carboxylic acids is 2. The van der Waals surface area contributed by atoms with Gasteiger partial charge in [0.2, 0.25) is 0 Å². The molecule has 0 saturated carbocycles. The van der Waals surface area contributed by atoms with E-state index < -0.39 is 17.1 Å². The number of rotatable bonds is 4. The van der Waals surface area contributed by atoms with Crippen molar-refractivity contribution in [3.05, 3.63) is 40.0 Å². The molecule has 1 unspecified atom stereocenters. The summed E-state index contributed by atoms with van der Waals surface area (Å²) in [5, 5.41) is 3.42. The van der Waals surface area contributed by atoms with Crippen LogP contribution in [0.2, 0.25) is 0 Å². The Morgan fingerprint density at radius 1 is 1.34 bits per heavy atom. The lowest BCUT2D eigenvalue weighted by atomic mass is 9.80. The predicted molar refractivity (Wildman–Crippen MR) is 108 cm³/mol. The van der Waals surface area contributed by atoms with Crippen molar-refractivity contribution >= 4 is 34.2 Å². The lowest BCUT2D eigenvalue weighted by molar-refractivity contribution is -0.152. The molecule has 0 radical (unpaired) electrons. The average molecular weight is 416 g/mol. The summed E-state index contributed by atoms with van der Waals surface area (Å²) in [6.45, 7) is 4.45. The molecule has 7 nitrogen and oxygen atoms in total. The highest BCUT2D eigenvalue weighted by molar-refractivity contribution is 7.15. The molecular weight excluding hydrogens is 395 g/mol. The van der Waals surface area contributed by atoms with Crippen LogP contribution in [0.3, 0.4) is 0 Å². The summed E-state index contributed by atoms with van der Waals surface area (Å²) in [4.78, 5) is 33.5. The van der Waals surface area contributed by atoms with Gasteiger partial charge in [-0.15, -0.1) is 11.3 Å². The van der Waals surface area contributed by atoms with E-state index in [-0.39, 0.29) is 17.6 Å². The number of H-pyrrole nitrogens is 1. The average Bonchev–Trinajstić information content (AvgIpc) is 3.29. The summed E-state index contributed by atoms with van der Waals surface area (Å²) in [7, 11) is 1.39. The van der Waals surface area contributed by atoms with Crippen molar-refractivity contribution in [1.29, 1.82) is 0 Å². The van der Waals surface area contributed by atoms with E-state index >= 15 is 0 Å². The van der Waals surface area contributed by atoms with Crippen LogP contribution in [0.15, 0.2) is 18.2 Å². The zero-order valence-electron chi connectivity index (χ0n) is 16.3. The van der Waals surface area contributed by atoms with Crippen molar-refractivity contribution < 1.29 is 18.7 Å². The Kier molecular flexibility index (Phi) is 4.66. The fourth-order valence-electron chi connectivity index (χ4n) is 3.79. The van der Waals surface area contributed by atoms with Crippen LogP contribution in [0.4, 0.5) is 4.39 Å². The van der Waals surface area contributed by atoms with Gasteiger partial charge in [0, 0.05) is 4.88 Å². The van der Waals surface area contributed by atoms with Crippen molar-refractivity contribution in [3.8, 4) is 10.7 Å². The number of nitrogens with one attached hydrogen (secondary N) is 2. The molecule has 9 heteroatoms. The Morgan fingerprint density at radius 3 is 2.79 bits per heavy atom. The minimum atomic E-state index is -0.748. The fourth-order valence-corrected chi connectivity index (χ4v) is 5.21. The number of hydrogen-bond donors (Lipinski definition) is 3. The first-order valence-corrected chi connectivity index (χ1v) is 9.98. The summed E-state index contributed by atoms with van der Waals surface area (Å²) in [5.74, 6) is -1.05. The monoisotopic (exact) mass is 416 g/mol. The van der Waals surface area contributed by atoms with Crippen molar-refractivity contribution in [2.45, 2.75) is 26.3 Å². The van der Waals surface area contributed by atoms with Crippen LogP contribution in [0.25, 0.3) is 21.7 Å². The van der Waals surface area contributed by atoms with E-state index in [2.05, 4.69) is 15.3 Å². The van der Waals surface area contributed by atoms with E-state index in [1.807, 2.05) is 19.9 Å². The topological polar surface area (TPSA) is 110 Å². The van der Waals surface area contributed by atoms with Gasteiger partial charge in [-0.1, -0.05) is 0 Å². The quantitative estimate of drug-likeness (QED) is 0.567. The van der Waals surface area contributed by atoms with E-state index in [1.165, 1.54) is 24.5 Å². The van der Waals surface area contributed by atoms with Gasteiger partial charge < -0.3 is 20.8 Å². The number of thiophene rings is 1. The molecule has 1 aliphatic rings. The number of methoxy groups -OCH3 is 1. The number of nitrogens with two attached hydrogens (primary N) is 1. The molecule has 0 saturated heterocycles. The van der Waals surface area contributed by atoms with E-state index in [0.717, 1.165) is 34.3 Å². The van der Waals surface area contributed by atoms with Crippen LogP contribution < -0.4 is 11.1 Å². The molecule has 3 aromatic rings. The number of imidazole rings is 1. The highest BCUT2D eigenvalue weighted by Gasteiger charge is 2.42. The maximum absolute atomic E-state index is 13.8. The third-order valence-electron chi connectivity index (χ3n) is 5.33. The van der Waals surface area contributed by atoms with Gasteiger partial charge in [0.1, 0.15) is 17.2 Å². The number of aromatic nitrogens is 2. The molecule has 4 N–H and O–H groups in total. The van der Waals surface area contributed by atoms with Gasteiger partial charge in [-0.3, -0.25) is 9.59 Å². The Balaban J connectivity index is 1.80. The molecule has 2 aromatic heterocycles. The maximum atomic E-state index is 13.8. The van der Waals surface area contributed by atoms with Crippen LogP contribution in [0.5, 0.6) is 0 Å². The van der Waals surface area contributed by atoms with E-state index in [9.17, 15) is 14.0 Å². The summed E-state index contributed by atoms with van der Waals surface area (Å²) in [5.41, 5.74) is 6.54. The molecule has 3 heterocycles. The third kappa shape index (κ3) is 3.20. The van der Waals surface area contributed by atoms with Gasteiger partial charge in [-0.05, 0) is 50.6 Å². The molecule has 1 aliphatic heterocycles. The van der Waals surface area contributed by atoms with Crippen molar-refractivity contribution in [1.82, 2.24) is 15.3 Å². The number of primary amides is 1. The third-order valence-corrected chi connectivity index (χ3v) is 6.58. The summed E-state index contributed by atoms with van der Waals surface area (Å²) < 4.78 is 18.8. The molecule has 29 heavy (non-hydrogen) atoms. The van der Waals surface area contributed by atoms with Gasteiger partial charge in [0.15, 0.2) is 0 Å². The molecule has 0 bridgehead atoms. The standard InChI is InChI=1S/C20H21FN4O3S/c1-20(2,19(27)28-3)16-15-9(4-5-23-16)6-13(29-15)18-24-12-8-10(21)7-11(17(22)26)14(12)25-18/h6-8,16,23H,4-5H2,1-3H3,(H2,22,26)(H,24,25). The second-order valence-corrected chi connectivity index (χ2v) is 8.73. The zero-order chi connectivity index (χ0) is 20.9. The first kappa shape index (κ1) is 19.5. The maximum Gasteiger partial charge on any atom is 0.313 e. The van der Waals surface area contributed by atoms with Crippen LogP contribution >= 0.6 is 11.3 Å². The van der Waals surface area contributed by atoms with Gasteiger partial charge >= 0.3 is 5.97 Å². The molecule has 1 amide bonds. The van der Waals surface area contributed by atoms with E-state index in [0.29, 0.717) is 16.9 Å². The molecule has 1 aromatic carbocycles. The van der Waals surface area contributed by atoms with Crippen LogP contribution in [0.1, 0.15) is 40.7 Å². The number of esters is 1. The lowest BCUT2D eigenvalue weighted by Gasteiger charge is -2.35. The number of halogens is 1. The number of nitrogens with zero attached hydrogens (tertiary/aromatic N) is 1. The summed E-state index contributed by atoms with van der Waals surface area (Å²) >= 11 is 1.51. The number of benzene rings is 1. The fraction of sp³-hybridized carbons (Fsp3) is 0.350. The van der Waals surface area contributed by atoms with Crippen LogP contribution in [0, 0.1) is 11.2 Å². The SMILES string of the molecule is COC(=O)C(C)(C)C1NCCc2cc(-c3nc4c(C(N)=O)cc(F)cc4[nH]3)sc21. The number of hydrogen-bond acceptors (Lipinski definition) is 6. The van der Waals surface area contributed by atoms with Gasteiger partial charge in [-0.25, -0.2) is 9.37 Å². The zero-order valence-corrected chi connectivity index (χ0v) is 17.1. The number of carbonyl (C=O) groups is 2. The first-order valence-electron chi connectivity index (χ1n) is 9.16. The highest BCUT2D eigenvalue weighted by atomic mass is 32.1. The minimum absolute atomic E-state index is 0.0372.